The molecule has 0 atom stereocenters. The van der Waals surface area contributed by atoms with Crippen LogP contribution in [-0.4, -0.2) is 38.2 Å². The van der Waals surface area contributed by atoms with E-state index in [-0.39, 0.29) is 13.1 Å². The molecule has 0 spiro atoms. The number of alkyl halides is 3. The summed E-state index contributed by atoms with van der Waals surface area (Å²) in [6.45, 7) is -0.427. The van der Waals surface area contributed by atoms with Gasteiger partial charge in [-0.25, -0.2) is 0 Å². The molecular weight excluding hydrogens is 301 g/mol. The molecule has 0 heterocycles. The smallest absolute Gasteiger partial charge is 0.471 e. The van der Waals surface area contributed by atoms with Gasteiger partial charge in [-0.3, -0.25) is 9.59 Å². The molecule has 120 valence electrons. The Morgan fingerprint density at radius 2 is 1.82 bits per heavy atom. The molecule has 22 heavy (non-hydrogen) atoms. The third kappa shape index (κ3) is 5.86. The number of carbonyl (C=O) groups is 2. The predicted octanol–water partition coefficient (Wildman–Crippen LogP) is 1.50. The number of halogens is 3. The van der Waals surface area contributed by atoms with Gasteiger partial charge in [-0.15, -0.1) is 0 Å². The van der Waals surface area contributed by atoms with Gasteiger partial charge in [-0.05, 0) is 12.1 Å². The van der Waals surface area contributed by atoms with E-state index in [1.807, 2.05) is 0 Å². The highest BCUT2D eigenvalue weighted by Crippen LogP contribution is 2.18. The molecule has 0 radical (unpaired) electrons. The van der Waals surface area contributed by atoms with Crippen LogP contribution in [0.3, 0.4) is 0 Å². The van der Waals surface area contributed by atoms with Crippen LogP contribution in [0.2, 0.25) is 0 Å². The highest BCUT2D eigenvalue weighted by Gasteiger charge is 2.38. The summed E-state index contributed by atoms with van der Waals surface area (Å²) in [7, 11) is 1.50. The molecule has 5 nitrogen and oxygen atoms in total. The minimum absolute atomic E-state index is 0.114. The molecule has 0 unspecified atom stereocenters. The summed E-state index contributed by atoms with van der Waals surface area (Å²) in [5.41, 5.74) is 0.686. The normalized spacial score (nSPS) is 11.3. The Balaban J connectivity index is 2.38. The topological polar surface area (TPSA) is 67.4 Å². The average Bonchev–Trinajstić information content (AvgIpc) is 2.48. The van der Waals surface area contributed by atoms with Crippen LogP contribution in [0.15, 0.2) is 30.3 Å². The van der Waals surface area contributed by atoms with Crippen LogP contribution in [0.5, 0.6) is 5.75 Å². The molecule has 1 aromatic carbocycles. The molecule has 8 heteroatoms. The molecule has 0 aromatic heterocycles. The van der Waals surface area contributed by atoms with E-state index in [4.69, 9.17) is 4.74 Å². The predicted molar refractivity (Wildman–Crippen MR) is 74.1 cm³/mol. The number of ether oxygens (including phenoxy) is 1. The van der Waals surface area contributed by atoms with Crippen molar-refractivity contribution in [3.8, 4) is 5.75 Å². The highest BCUT2D eigenvalue weighted by molar-refractivity contribution is 5.92. The van der Waals surface area contributed by atoms with E-state index >= 15 is 0 Å². The zero-order chi connectivity index (χ0) is 16.6. The molecule has 1 rings (SSSR count). The maximum absolute atomic E-state index is 11.9. The van der Waals surface area contributed by atoms with Gasteiger partial charge >= 0.3 is 12.1 Å². The largest absolute Gasteiger partial charge is 0.496 e. The average molecular weight is 316 g/mol. The van der Waals surface area contributed by atoms with E-state index < -0.39 is 18.0 Å². The van der Waals surface area contributed by atoms with Gasteiger partial charge in [-0.2, -0.15) is 13.2 Å². The zero-order valence-corrected chi connectivity index (χ0v) is 11.7. The lowest BCUT2D eigenvalue weighted by molar-refractivity contribution is -0.173. The Morgan fingerprint density at radius 3 is 2.45 bits per heavy atom. The minimum atomic E-state index is -4.92. The number of benzene rings is 1. The highest BCUT2D eigenvalue weighted by atomic mass is 19.4. The number of methoxy groups -OCH3 is 1. The quantitative estimate of drug-likeness (QED) is 0.617. The first-order chi connectivity index (χ1) is 10.3. The fraction of sp³-hybridized carbons (Fsp3) is 0.286. The van der Waals surface area contributed by atoms with Gasteiger partial charge in [0, 0.05) is 24.7 Å². The Hall–Kier alpha value is -2.51. The number of hydrogen-bond donors (Lipinski definition) is 2. The minimum Gasteiger partial charge on any atom is -0.496 e. The number of hydrogen-bond acceptors (Lipinski definition) is 3. The van der Waals surface area contributed by atoms with Crippen LogP contribution < -0.4 is 15.4 Å². The van der Waals surface area contributed by atoms with Crippen LogP contribution in [0.25, 0.3) is 6.08 Å². The van der Waals surface area contributed by atoms with Crippen LogP contribution in [-0.2, 0) is 9.59 Å². The van der Waals surface area contributed by atoms with E-state index in [9.17, 15) is 22.8 Å². The number of para-hydroxylation sites is 1. The van der Waals surface area contributed by atoms with Crippen molar-refractivity contribution < 1.29 is 27.5 Å². The first-order valence-corrected chi connectivity index (χ1v) is 6.28. The fourth-order valence-corrected chi connectivity index (χ4v) is 1.49. The van der Waals surface area contributed by atoms with Crippen LogP contribution in [0.1, 0.15) is 5.56 Å². The van der Waals surface area contributed by atoms with E-state index in [1.54, 1.807) is 29.6 Å². The second-order valence-electron chi connectivity index (χ2n) is 4.12. The molecular formula is C14H15F3N2O3. The molecule has 0 aliphatic rings. The van der Waals surface area contributed by atoms with Crippen molar-refractivity contribution in [2.24, 2.45) is 0 Å². The summed E-state index contributed by atoms with van der Waals surface area (Å²) in [5, 5.41) is 4.00. The zero-order valence-electron chi connectivity index (χ0n) is 11.7. The van der Waals surface area contributed by atoms with Crippen molar-refractivity contribution in [2.75, 3.05) is 20.2 Å². The second-order valence-corrected chi connectivity index (χ2v) is 4.12. The van der Waals surface area contributed by atoms with Crippen molar-refractivity contribution in [2.45, 2.75) is 6.18 Å². The van der Waals surface area contributed by atoms with Crippen molar-refractivity contribution in [1.82, 2.24) is 10.6 Å². The Bertz CT molecular complexity index is 557. The van der Waals surface area contributed by atoms with E-state index in [0.29, 0.717) is 11.3 Å². The van der Waals surface area contributed by atoms with Crippen molar-refractivity contribution in [3.05, 3.63) is 35.9 Å². The lowest BCUT2D eigenvalue weighted by Gasteiger charge is -2.08. The molecule has 0 saturated carbocycles. The maximum atomic E-state index is 11.9. The Morgan fingerprint density at radius 1 is 1.18 bits per heavy atom. The molecule has 0 bridgehead atoms. The lowest BCUT2D eigenvalue weighted by atomic mass is 10.2. The fourth-order valence-electron chi connectivity index (χ4n) is 1.49. The summed E-state index contributed by atoms with van der Waals surface area (Å²) in [6.07, 6.45) is -2.18. The van der Waals surface area contributed by atoms with Crippen LogP contribution >= 0.6 is 0 Å². The third-order valence-corrected chi connectivity index (χ3v) is 2.52. The monoisotopic (exact) mass is 316 g/mol. The lowest BCUT2D eigenvalue weighted by Crippen LogP contribution is -2.40. The Kier molecular flexibility index (Phi) is 6.43. The molecule has 2 N–H and O–H groups in total. The van der Waals surface area contributed by atoms with E-state index in [2.05, 4.69) is 5.32 Å². The summed E-state index contributed by atoms with van der Waals surface area (Å²) < 4.78 is 40.8. The first kappa shape index (κ1) is 17.5. The summed E-state index contributed by atoms with van der Waals surface area (Å²) in [6, 6.07) is 7.02. The maximum Gasteiger partial charge on any atom is 0.471 e. The molecule has 0 aliphatic heterocycles. The number of amides is 2. The van der Waals surface area contributed by atoms with Gasteiger partial charge in [0.05, 0.1) is 7.11 Å². The van der Waals surface area contributed by atoms with Gasteiger partial charge in [-0.1, -0.05) is 18.2 Å². The third-order valence-electron chi connectivity index (χ3n) is 2.52. The number of rotatable bonds is 6. The van der Waals surface area contributed by atoms with Gasteiger partial charge in [0.25, 0.3) is 0 Å². The van der Waals surface area contributed by atoms with Crippen LogP contribution in [0, 0.1) is 0 Å². The second kappa shape index (κ2) is 8.06. The summed E-state index contributed by atoms with van der Waals surface area (Å²) in [5.74, 6) is -1.94. The van der Waals surface area contributed by atoms with Crippen molar-refractivity contribution >= 4 is 17.9 Å². The summed E-state index contributed by atoms with van der Waals surface area (Å²) in [4.78, 5) is 22.0. The van der Waals surface area contributed by atoms with Crippen molar-refractivity contribution in [3.63, 3.8) is 0 Å². The molecule has 1 aromatic rings. The van der Waals surface area contributed by atoms with Gasteiger partial charge in [0.15, 0.2) is 0 Å². The SMILES string of the molecule is COc1ccccc1/C=C/C(=O)NCCNC(=O)C(F)(F)F. The standard InChI is InChI=1S/C14H15F3N2O3/c1-22-11-5-3-2-4-10(11)6-7-12(20)18-8-9-19-13(21)14(15,16)17/h2-7H,8-9H2,1H3,(H,18,20)(H,19,21)/b7-6+. The van der Waals surface area contributed by atoms with E-state index in [1.165, 1.54) is 19.3 Å². The molecule has 0 aliphatic carbocycles. The molecule has 0 fully saturated rings. The van der Waals surface area contributed by atoms with Crippen molar-refractivity contribution in [1.29, 1.82) is 0 Å². The number of carbonyl (C=O) groups excluding carboxylic acids is 2. The molecule has 2 amide bonds. The van der Waals surface area contributed by atoms with Gasteiger partial charge in [0.1, 0.15) is 5.75 Å². The first-order valence-electron chi connectivity index (χ1n) is 6.28. The molecule has 0 saturated heterocycles. The van der Waals surface area contributed by atoms with Gasteiger partial charge in [0.2, 0.25) is 5.91 Å². The van der Waals surface area contributed by atoms with Crippen LogP contribution in [0.4, 0.5) is 13.2 Å². The summed E-state index contributed by atoms with van der Waals surface area (Å²) >= 11 is 0. The Labute approximate surface area is 125 Å². The number of nitrogens with one attached hydrogen (secondary N) is 2. The van der Waals surface area contributed by atoms with E-state index in [0.717, 1.165) is 0 Å². The van der Waals surface area contributed by atoms with Gasteiger partial charge < -0.3 is 15.4 Å².